The molecule has 0 atom stereocenters. The van der Waals surface area contributed by atoms with Crippen LogP contribution in [-0.2, 0) is 6.54 Å². The highest BCUT2D eigenvalue weighted by molar-refractivity contribution is 5.91. The Hall–Kier alpha value is -2.77. The molecule has 0 aromatic carbocycles. The number of hydrogen-bond donors (Lipinski definition) is 2. The van der Waals surface area contributed by atoms with Crippen LogP contribution in [0.2, 0.25) is 0 Å². The largest absolute Gasteiger partial charge is 0.459 e. The van der Waals surface area contributed by atoms with Gasteiger partial charge in [0.25, 0.3) is 5.91 Å². The van der Waals surface area contributed by atoms with Crippen molar-refractivity contribution in [2.75, 3.05) is 32.7 Å². The first kappa shape index (κ1) is 16.1. The lowest BCUT2D eigenvalue weighted by molar-refractivity contribution is 0.0657. The van der Waals surface area contributed by atoms with E-state index in [1.807, 2.05) is 17.9 Å². The maximum Gasteiger partial charge on any atom is 0.289 e. The number of furan rings is 1. The molecule has 1 saturated heterocycles. The summed E-state index contributed by atoms with van der Waals surface area (Å²) in [6, 6.07) is 5.34. The summed E-state index contributed by atoms with van der Waals surface area (Å²) < 4.78 is 5.19. The van der Waals surface area contributed by atoms with Gasteiger partial charge in [-0.3, -0.25) is 9.89 Å². The molecule has 2 aromatic heterocycles. The van der Waals surface area contributed by atoms with Crippen LogP contribution in [-0.4, -0.2) is 64.6 Å². The maximum atomic E-state index is 12.3. The highest BCUT2D eigenvalue weighted by atomic mass is 16.3. The molecule has 8 heteroatoms. The number of piperazine rings is 1. The van der Waals surface area contributed by atoms with E-state index in [4.69, 9.17) is 4.42 Å². The maximum absolute atomic E-state index is 12.3. The van der Waals surface area contributed by atoms with Gasteiger partial charge in [0.2, 0.25) is 0 Å². The second kappa shape index (κ2) is 7.67. The molecule has 0 radical (unpaired) electrons. The topological polar surface area (TPSA) is 89.8 Å². The molecule has 24 heavy (non-hydrogen) atoms. The first-order valence-electron chi connectivity index (χ1n) is 8.12. The second-order valence-electron chi connectivity index (χ2n) is 5.51. The van der Waals surface area contributed by atoms with Gasteiger partial charge >= 0.3 is 0 Å². The Labute approximate surface area is 140 Å². The van der Waals surface area contributed by atoms with E-state index in [0.29, 0.717) is 25.4 Å². The van der Waals surface area contributed by atoms with E-state index in [2.05, 4.69) is 25.4 Å². The lowest BCUT2D eigenvalue weighted by Gasteiger charge is -2.36. The molecule has 1 fully saturated rings. The third kappa shape index (κ3) is 3.76. The Kier molecular flexibility index (Phi) is 5.15. The molecule has 1 aliphatic rings. The predicted octanol–water partition coefficient (Wildman–Crippen LogP) is 0.926. The summed E-state index contributed by atoms with van der Waals surface area (Å²) >= 11 is 0. The molecule has 1 aliphatic heterocycles. The number of guanidine groups is 1. The fourth-order valence-corrected chi connectivity index (χ4v) is 2.64. The summed E-state index contributed by atoms with van der Waals surface area (Å²) in [6.07, 6.45) is 3.24. The smallest absolute Gasteiger partial charge is 0.289 e. The van der Waals surface area contributed by atoms with Crippen LogP contribution in [0.15, 0.2) is 40.1 Å². The van der Waals surface area contributed by atoms with Crippen molar-refractivity contribution in [1.82, 2.24) is 25.3 Å². The Bertz CT molecular complexity index is 657. The van der Waals surface area contributed by atoms with Gasteiger partial charge in [-0.15, -0.1) is 0 Å². The number of amides is 1. The number of nitrogens with one attached hydrogen (secondary N) is 2. The van der Waals surface area contributed by atoms with Crippen molar-refractivity contribution in [1.29, 1.82) is 0 Å². The van der Waals surface area contributed by atoms with Gasteiger partial charge < -0.3 is 19.5 Å². The van der Waals surface area contributed by atoms with Gasteiger partial charge in [0.15, 0.2) is 11.7 Å². The van der Waals surface area contributed by atoms with Gasteiger partial charge in [0, 0.05) is 38.9 Å². The summed E-state index contributed by atoms with van der Waals surface area (Å²) in [6.45, 7) is 6.16. The van der Waals surface area contributed by atoms with Gasteiger partial charge in [0.1, 0.15) is 0 Å². The van der Waals surface area contributed by atoms with Gasteiger partial charge in [-0.1, -0.05) is 0 Å². The van der Waals surface area contributed by atoms with Crippen LogP contribution in [0, 0.1) is 0 Å². The quantitative estimate of drug-likeness (QED) is 0.643. The van der Waals surface area contributed by atoms with Crippen LogP contribution in [0.25, 0.3) is 0 Å². The highest BCUT2D eigenvalue weighted by Gasteiger charge is 2.25. The molecule has 0 aliphatic carbocycles. The Morgan fingerprint density at radius 1 is 1.33 bits per heavy atom. The minimum atomic E-state index is -0.0564. The zero-order chi connectivity index (χ0) is 16.8. The average molecular weight is 330 g/mol. The monoisotopic (exact) mass is 330 g/mol. The molecule has 0 unspecified atom stereocenters. The van der Waals surface area contributed by atoms with E-state index < -0.39 is 0 Å². The highest BCUT2D eigenvalue weighted by Crippen LogP contribution is 2.10. The zero-order valence-corrected chi connectivity index (χ0v) is 13.7. The van der Waals surface area contributed by atoms with Crippen LogP contribution in [0.3, 0.4) is 0 Å². The Morgan fingerprint density at radius 2 is 2.12 bits per heavy atom. The van der Waals surface area contributed by atoms with Crippen LogP contribution >= 0.6 is 0 Å². The average Bonchev–Trinajstić information content (AvgIpc) is 3.31. The minimum Gasteiger partial charge on any atom is -0.459 e. The third-order valence-corrected chi connectivity index (χ3v) is 3.89. The van der Waals surface area contributed by atoms with Crippen molar-refractivity contribution < 1.29 is 9.21 Å². The van der Waals surface area contributed by atoms with Gasteiger partial charge in [-0.2, -0.15) is 5.10 Å². The Morgan fingerprint density at radius 3 is 2.75 bits per heavy atom. The zero-order valence-electron chi connectivity index (χ0n) is 13.7. The molecule has 1 amide bonds. The molecular weight excluding hydrogens is 308 g/mol. The SMILES string of the molecule is CCNC(=NCc1ccn[nH]1)N1CCN(C(=O)c2ccco2)CC1. The number of aromatic amines is 1. The minimum absolute atomic E-state index is 0.0564. The van der Waals surface area contributed by atoms with Gasteiger partial charge in [-0.05, 0) is 25.1 Å². The number of hydrogen-bond acceptors (Lipinski definition) is 4. The first-order valence-corrected chi connectivity index (χ1v) is 8.12. The molecule has 3 rings (SSSR count). The summed E-state index contributed by atoms with van der Waals surface area (Å²) in [5.41, 5.74) is 0.969. The number of rotatable bonds is 4. The molecule has 128 valence electrons. The van der Waals surface area contributed by atoms with Crippen LogP contribution in [0.5, 0.6) is 0 Å². The van der Waals surface area contributed by atoms with E-state index >= 15 is 0 Å². The van der Waals surface area contributed by atoms with Crippen LogP contribution in [0.1, 0.15) is 23.2 Å². The molecule has 0 saturated carbocycles. The number of nitrogens with zero attached hydrogens (tertiary/aromatic N) is 4. The summed E-state index contributed by atoms with van der Waals surface area (Å²) in [4.78, 5) is 20.9. The number of carbonyl (C=O) groups is 1. The summed E-state index contributed by atoms with van der Waals surface area (Å²) in [5.74, 6) is 1.19. The second-order valence-corrected chi connectivity index (χ2v) is 5.51. The fourth-order valence-electron chi connectivity index (χ4n) is 2.64. The fraction of sp³-hybridized carbons (Fsp3) is 0.438. The number of aromatic nitrogens is 2. The van der Waals surface area contributed by atoms with Crippen molar-refractivity contribution in [3.63, 3.8) is 0 Å². The normalized spacial score (nSPS) is 15.6. The number of carbonyl (C=O) groups excluding carboxylic acids is 1. The Balaban J connectivity index is 1.58. The third-order valence-electron chi connectivity index (χ3n) is 3.89. The molecule has 0 bridgehead atoms. The van der Waals surface area contributed by atoms with Crippen LogP contribution in [0.4, 0.5) is 0 Å². The predicted molar refractivity (Wildman–Crippen MR) is 89.6 cm³/mol. The van der Waals surface area contributed by atoms with Crippen molar-refractivity contribution in [2.24, 2.45) is 4.99 Å². The van der Waals surface area contributed by atoms with Crippen molar-refractivity contribution in [3.05, 3.63) is 42.1 Å². The van der Waals surface area contributed by atoms with E-state index in [1.165, 1.54) is 6.26 Å². The molecule has 2 aromatic rings. The lowest BCUT2D eigenvalue weighted by Crippen LogP contribution is -2.53. The lowest BCUT2D eigenvalue weighted by atomic mass is 10.3. The van der Waals surface area contributed by atoms with Crippen molar-refractivity contribution in [2.45, 2.75) is 13.5 Å². The summed E-state index contributed by atoms with van der Waals surface area (Å²) in [5, 5.41) is 10.1. The molecular formula is C16H22N6O2. The van der Waals surface area contributed by atoms with E-state index in [0.717, 1.165) is 31.3 Å². The first-order chi connectivity index (χ1) is 11.8. The standard InChI is InChI=1S/C16H22N6O2/c1-2-17-16(18-12-13-5-6-19-20-13)22-9-7-21(8-10-22)15(23)14-4-3-11-24-14/h3-6,11H,2,7-10,12H2,1H3,(H,17,18)(H,19,20). The molecule has 3 heterocycles. The molecule has 2 N–H and O–H groups in total. The molecule has 8 nitrogen and oxygen atoms in total. The van der Waals surface area contributed by atoms with E-state index in [1.54, 1.807) is 18.3 Å². The van der Waals surface area contributed by atoms with E-state index in [9.17, 15) is 4.79 Å². The summed E-state index contributed by atoms with van der Waals surface area (Å²) in [7, 11) is 0. The van der Waals surface area contributed by atoms with Gasteiger partial charge in [-0.25, -0.2) is 4.99 Å². The number of aliphatic imine (C=N–C) groups is 1. The molecule has 0 spiro atoms. The van der Waals surface area contributed by atoms with Gasteiger partial charge in [0.05, 0.1) is 18.5 Å². The van der Waals surface area contributed by atoms with Crippen molar-refractivity contribution >= 4 is 11.9 Å². The van der Waals surface area contributed by atoms with E-state index in [-0.39, 0.29) is 5.91 Å². The van der Waals surface area contributed by atoms with Crippen LogP contribution < -0.4 is 5.32 Å². The van der Waals surface area contributed by atoms with Crippen molar-refractivity contribution in [3.8, 4) is 0 Å². The number of H-pyrrole nitrogens is 1.